The molecule has 0 aromatic carbocycles. The number of pyridine rings is 1. The largest absolute Gasteiger partial charge is 0.385 e. The molecular weight excluding hydrogens is 266 g/mol. The lowest BCUT2D eigenvalue weighted by Crippen LogP contribution is -2.33. The molecule has 0 saturated carbocycles. The smallest absolute Gasteiger partial charge is 0.269 e. The summed E-state index contributed by atoms with van der Waals surface area (Å²) in [6.45, 7) is 5.71. The van der Waals surface area contributed by atoms with Gasteiger partial charge in [0.1, 0.15) is 5.69 Å². The molecule has 21 heavy (non-hydrogen) atoms. The number of nitrogens with zero attached hydrogens (tertiary/aromatic N) is 2. The minimum atomic E-state index is -0.120. The Morgan fingerprint density at radius 1 is 1.43 bits per heavy atom. The van der Waals surface area contributed by atoms with Crippen molar-refractivity contribution in [2.75, 3.05) is 38.3 Å². The highest BCUT2D eigenvalue weighted by molar-refractivity contribution is 5.92. The van der Waals surface area contributed by atoms with Gasteiger partial charge in [-0.3, -0.25) is 4.79 Å². The van der Waals surface area contributed by atoms with Crippen molar-refractivity contribution in [3.63, 3.8) is 0 Å². The topological polar surface area (TPSA) is 54.5 Å². The molecule has 1 aliphatic rings. The number of nitrogens with one attached hydrogen (secondary N) is 1. The zero-order valence-corrected chi connectivity index (χ0v) is 13.0. The zero-order chi connectivity index (χ0) is 15.1. The van der Waals surface area contributed by atoms with Gasteiger partial charge in [-0.05, 0) is 37.3 Å². The van der Waals surface area contributed by atoms with Gasteiger partial charge in [0.05, 0.1) is 11.9 Å². The van der Waals surface area contributed by atoms with E-state index in [1.807, 2.05) is 6.07 Å². The second kappa shape index (κ2) is 7.98. The normalized spacial score (nSPS) is 16.0. The van der Waals surface area contributed by atoms with Crippen LogP contribution in [0.5, 0.6) is 0 Å². The molecule has 116 valence electrons. The standard InChI is InChI=1S/C16H25N3O2/c1-13-6-9-19(10-7-13)14-4-5-15(18-12-14)16(20)17-8-3-11-21-2/h4-5,12-13H,3,6-11H2,1-2H3,(H,17,20). The molecule has 1 fully saturated rings. The van der Waals surface area contributed by atoms with Crippen LogP contribution in [0.25, 0.3) is 0 Å². The van der Waals surface area contributed by atoms with Crippen molar-refractivity contribution >= 4 is 11.6 Å². The van der Waals surface area contributed by atoms with Crippen molar-refractivity contribution in [1.29, 1.82) is 0 Å². The first-order valence-electron chi connectivity index (χ1n) is 7.69. The number of piperidine rings is 1. The molecular formula is C16H25N3O2. The van der Waals surface area contributed by atoms with Crippen LogP contribution in [0.2, 0.25) is 0 Å². The van der Waals surface area contributed by atoms with Crippen LogP contribution in [-0.2, 0) is 4.74 Å². The molecule has 0 atom stereocenters. The summed E-state index contributed by atoms with van der Waals surface area (Å²) >= 11 is 0. The molecule has 1 aromatic heterocycles. The number of hydrogen-bond donors (Lipinski definition) is 1. The number of methoxy groups -OCH3 is 1. The molecule has 1 aliphatic heterocycles. The molecule has 0 spiro atoms. The Balaban J connectivity index is 1.85. The number of rotatable bonds is 6. The molecule has 0 radical (unpaired) electrons. The van der Waals surface area contributed by atoms with Crippen molar-refractivity contribution < 1.29 is 9.53 Å². The van der Waals surface area contributed by atoms with E-state index in [9.17, 15) is 4.79 Å². The summed E-state index contributed by atoms with van der Waals surface area (Å²) in [5.74, 6) is 0.691. The van der Waals surface area contributed by atoms with Gasteiger partial charge >= 0.3 is 0 Å². The quantitative estimate of drug-likeness (QED) is 0.815. The van der Waals surface area contributed by atoms with Gasteiger partial charge in [-0.2, -0.15) is 0 Å². The van der Waals surface area contributed by atoms with Crippen molar-refractivity contribution in [2.24, 2.45) is 5.92 Å². The van der Waals surface area contributed by atoms with E-state index in [2.05, 4.69) is 22.1 Å². The van der Waals surface area contributed by atoms with E-state index in [0.29, 0.717) is 18.8 Å². The van der Waals surface area contributed by atoms with E-state index >= 15 is 0 Å². The van der Waals surface area contributed by atoms with Crippen molar-refractivity contribution in [1.82, 2.24) is 10.3 Å². The maximum absolute atomic E-state index is 11.9. The SMILES string of the molecule is COCCCNC(=O)c1ccc(N2CCC(C)CC2)cn1. The van der Waals surface area contributed by atoms with Gasteiger partial charge < -0.3 is 15.0 Å². The molecule has 1 saturated heterocycles. The van der Waals surface area contributed by atoms with E-state index in [1.54, 1.807) is 19.4 Å². The van der Waals surface area contributed by atoms with Crippen LogP contribution in [0, 0.1) is 5.92 Å². The third kappa shape index (κ3) is 4.70. The lowest BCUT2D eigenvalue weighted by atomic mass is 9.99. The second-order valence-electron chi connectivity index (χ2n) is 5.67. The Bertz CT molecular complexity index is 439. The van der Waals surface area contributed by atoms with Crippen molar-refractivity contribution in [2.45, 2.75) is 26.2 Å². The van der Waals surface area contributed by atoms with E-state index < -0.39 is 0 Å². The summed E-state index contributed by atoms with van der Waals surface area (Å²) in [4.78, 5) is 18.5. The second-order valence-corrected chi connectivity index (χ2v) is 5.67. The van der Waals surface area contributed by atoms with Crippen LogP contribution in [0.3, 0.4) is 0 Å². The third-order valence-corrected chi connectivity index (χ3v) is 3.94. The lowest BCUT2D eigenvalue weighted by Gasteiger charge is -2.31. The number of aromatic nitrogens is 1. The number of anilines is 1. The first-order chi connectivity index (χ1) is 10.2. The lowest BCUT2D eigenvalue weighted by molar-refractivity contribution is 0.0943. The summed E-state index contributed by atoms with van der Waals surface area (Å²) in [6, 6.07) is 3.80. The predicted octanol–water partition coefficient (Wildman–Crippen LogP) is 2.08. The maximum atomic E-state index is 11.9. The van der Waals surface area contributed by atoms with Crippen LogP contribution in [0.1, 0.15) is 36.7 Å². The van der Waals surface area contributed by atoms with Gasteiger partial charge in [-0.25, -0.2) is 4.98 Å². The number of amides is 1. The summed E-state index contributed by atoms with van der Waals surface area (Å²) in [5.41, 5.74) is 1.58. The van der Waals surface area contributed by atoms with Gasteiger partial charge in [-0.1, -0.05) is 6.92 Å². The van der Waals surface area contributed by atoms with E-state index in [0.717, 1.165) is 31.1 Å². The number of carbonyl (C=O) groups is 1. The average molecular weight is 291 g/mol. The molecule has 5 nitrogen and oxygen atoms in total. The molecule has 0 aliphatic carbocycles. The Labute approximate surface area is 126 Å². The van der Waals surface area contributed by atoms with Gasteiger partial charge in [0.15, 0.2) is 0 Å². The molecule has 0 bridgehead atoms. The number of carbonyl (C=O) groups excluding carboxylic acids is 1. The Hall–Kier alpha value is -1.62. The molecule has 1 aromatic rings. The van der Waals surface area contributed by atoms with E-state index in [1.165, 1.54) is 12.8 Å². The summed E-state index contributed by atoms with van der Waals surface area (Å²) in [6.07, 6.45) is 5.07. The van der Waals surface area contributed by atoms with Gasteiger partial charge in [0.2, 0.25) is 0 Å². The molecule has 0 unspecified atom stereocenters. The van der Waals surface area contributed by atoms with Crippen LogP contribution >= 0.6 is 0 Å². The summed E-state index contributed by atoms with van der Waals surface area (Å²) in [7, 11) is 1.66. The number of ether oxygens (including phenoxy) is 1. The molecule has 1 N–H and O–H groups in total. The predicted molar refractivity (Wildman–Crippen MR) is 83.7 cm³/mol. The fourth-order valence-electron chi connectivity index (χ4n) is 2.48. The van der Waals surface area contributed by atoms with Crippen molar-refractivity contribution in [3.8, 4) is 0 Å². The Morgan fingerprint density at radius 3 is 2.81 bits per heavy atom. The molecule has 1 amide bonds. The third-order valence-electron chi connectivity index (χ3n) is 3.94. The number of hydrogen-bond acceptors (Lipinski definition) is 4. The zero-order valence-electron chi connectivity index (χ0n) is 13.0. The summed E-state index contributed by atoms with van der Waals surface area (Å²) in [5, 5.41) is 2.84. The van der Waals surface area contributed by atoms with Crippen LogP contribution in [0.4, 0.5) is 5.69 Å². The highest BCUT2D eigenvalue weighted by atomic mass is 16.5. The van der Waals surface area contributed by atoms with E-state index in [4.69, 9.17) is 4.74 Å². The van der Waals surface area contributed by atoms with Crippen LogP contribution in [-0.4, -0.2) is 44.2 Å². The maximum Gasteiger partial charge on any atom is 0.269 e. The first-order valence-corrected chi connectivity index (χ1v) is 7.69. The monoisotopic (exact) mass is 291 g/mol. The fourth-order valence-corrected chi connectivity index (χ4v) is 2.48. The first kappa shape index (κ1) is 15.8. The van der Waals surface area contributed by atoms with Crippen LogP contribution in [0.15, 0.2) is 18.3 Å². The highest BCUT2D eigenvalue weighted by Gasteiger charge is 2.16. The highest BCUT2D eigenvalue weighted by Crippen LogP contribution is 2.22. The Morgan fingerprint density at radius 2 is 2.19 bits per heavy atom. The fraction of sp³-hybridized carbons (Fsp3) is 0.625. The molecule has 5 heteroatoms. The Kier molecular flexibility index (Phi) is 5.99. The van der Waals surface area contributed by atoms with Crippen molar-refractivity contribution in [3.05, 3.63) is 24.0 Å². The minimum Gasteiger partial charge on any atom is -0.385 e. The van der Waals surface area contributed by atoms with Gasteiger partial charge in [0, 0.05) is 33.4 Å². The molecule has 2 rings (SSSR count). The van der Waals surface area contributed by atoms with Crippen LogP contribution < -0.4 is 10.2 Å². The van der Waals surface area contributed by atoms with E-state index in [-0.39, 0.29) is 5.91 Å². The molecule has 2 heterocycles. The van der Waals surface area contributed by atoms with Gasteiger partial charge in [0.25, 0.3) is 5.91 Å². The summed E-state index contributed by atoms with van der Waals surface area (Å²) < 4.78 is 4.95. The minimum absolute atomic E-state index is 0.120. The van der Waals surface area contributed by atoms with Gasteiger partial charge in [-0.15, -0.1) is 0 Å². The average Bonchev–Trinajstić information content (AvgIpc) is 2.52.